The van der Waals surface area contributed by atoms with Crippen molar-refractivity contribution in [1.29, 1.82) is 0 Å². The molecule has 1 N–H and O–H groups in total. The Kier molecular flexibility index (Phi) is 7.95. The number of pyridine rings is 2. The van der Waals surface area contributed by atoms with Crippen LogP contribution in [0.1, 0.15) is 46.0 Å². The van der Waals surface area contributed by atoms with Gasteiger partial charge in [0, 0.05) is 38.0 Å². The van der Waals surface area contributed by atoms with Crippen LogP contribution >= 0.6 is 11.6 Å². The maximum atomic E-state index is 12.6. The Balaban J connectivity index is 1.47. The molecule has 1 fully saturated rings. The second-order valence-electron chi connectivity index (χ2n) is 8.72. The van der Waals surface area contributed by atoms with Crippen molar-refractivity contribution < 1.29 is 19.1 Å². The standard InChI is InChI=1S/C27H27ClN4O4/c1-17(33)32(16-19-3-4-19)24-9-7-20(13-22(24)27(35)36-2)23-8-6-21(15-30-23)26(34)29-12-11-18-5-10-25(28)31-14-18/h5-10,13-15,19H,3-4,11-12,16H2,1-2H3,(H,29,34). The zero-order chi connectivity index (χ0) is 25.7. The minimum Gasteiger partial charge on any atom is -0.465 e. The Hall–Kier alpha value is -3.78. The number of benzene rings is 1. The van der Waals surface area contributed by atoms with Gasteiger partial charge in [0.25, 0.3) is 5.91 Å². The lowest BCUT2D eigenvalue weighted by molar-refractivity contribution is -0.116. The molecule has 0 unspecified atom stereocenters. The number of nitrogens with zero attached hydrogens (tertiary/aromatic N) is 3. The Morgan fingerprint density at radius 2 is 1.89 bits per heavy atom. The molecule has 4 rings (SSSR count). The molecular formula is C27H27ClN4O4. The number of amides is 2. The maximum absolute atomic E-state index is 12.6. The summed E-state index contributed by atoms with van der Waals surface area (Å²) in [6.07, 6.45) is 5.97. The molecule has 36 heavy (non-hydrogen) atoms. The van der Waals surface area contributed by atoms with E-state index in [1.807, 2.05) is 12.1 Å². The number of aromatic nitrogens is 2. The number of methoxy groups -OCH3 is 1. The van der Waals surface area contributed by atoms with Crippen molar-refractivity contribution in [3.05, 3.63) is 76.7 Å². The topological polar surface area (TPSA) is 101 Å². The molecule has 0 bridgehead atoms. The molecule has 2 amide bonds. The van der Waals surface area contributed by atoms with E-state index in [9.17, 15) is 14.4 Å². The first-order valence-corrected chi connectivity index (χ1v) is 12.1. The number of hydrogen-bond acceptors (Lipinski definition) is 6. The highest BCUT2D eigenvalue weighted by Gasteiger charge is 2.29. The first-order chi connectivity index (χ1) is 17.4. The molecule has 2 heterocycles. The second-order valence-corrected chi connectivity index (χ2v) is 9.11. The van der Waals surface area contributed by atoms with Gasteiger partial charge in [-0.25, -0.2) is 9.78 Å². The Bertz CT molecular complexity index is 1260. The molecule has 1 aliphatic carbocycles. The second kappa shape index (κ2) is 11.3. The summed E-state index contributed by atoms with van der Waals surface area (Å²) in [6.45, 7) is 2.52. The number of halogens is 1. The Labute approximate surface area is 214 Å². The van der Waals surface area contributed by atoms with E-state index in [1.165, 1.54) is 20.2 Å². The van der Waals surface area contributed by atoms with E-state index >= 15 is 0 Å². The van der Waals surface area contributed by atoms with E-state index in [4.69, 9.17) is 16.3 Å². The van der Waals surface area contributed by atoms with Gasteiger partial charge >= 0.3 is 5.97 Å². The highest BCUT2D eigenvalue weighted by Crippen LogP contribution is 2.34. The van der Waals surface area contributed by atoms with Crippen molar-refractivity contribution in [3.8, 4) is 11.3 Å². The quantitative estimate of drug-likeness (QED) is 0.342. The molecule has 0 aliphatic heterocycles. The monoisotopic (exact) mass is 506 g/mol. The molecule has 3 aromatic rings. The van der Waals surface area contributed by atoms with Gasteiger partial charge < -0.3 is 15.0 Å². The molecule has 1 aliphatic rings. The molecular weight excluding hydrogens is 480 g/mol. The van der Waals surface area contributed by atoms with E-state index in [1.54, 1.807) is 41.4 Å². The normalized spacial score (nSPS) is 12.6. The number of rotatable bonds is 9. The van der Waals surface area contributed by atoms with Crippen molar-refractivity contribution in [1.82, 2.24) is 15.3 Å². The summed E-state index contributed by atoms with van der Waals surface area (Å²) in [5, 5.41) is 3.29. The summed E-state index contributed by atoms with van der Waals surface area (Å²) >= 11 is 5.79. The summed E-state index contributed by atoms with van der Waals surface area (Å²) in [6, 6.07) is 12.2. The zero-order valence-corrected chi connectivity index (χ0v) is 20.9. The Morgan fingerprint density at radius 1 is 1.08 bits per heavy atom. The fraction of sp³-hybridized carbons (Fsp3) is 0.296. The van der Waals surface area contributed by atoms with Crippen LogP contribution < -0.4 is 10.2 Å². The SMILES string of the molecule is COC(=O)c1cc(-c2ccc(C(=O)NCCc3ccc(Cl)nc3)cn2)ccc1N(CC1CC1)C(C)=O. The highest BCUT2D eigenvalue weighted by molar-refractivity contribution is 6.29. The smallest absolute Gasteiger partial charge is 0.340 e. The highest BCUT2D eigenvalue weighted by atomic mass is 35.5. The fourth-order valence-electron chi connectivity index (χ4n) is 3.84. The largest absolute Gasteiger partial charge is 0.465 e. The van der Waals surface area contributed by atoms with Crippen LogP contribution in [0.4, 0.5) is 5.69 Å². The van der Waals surface area contributed by atoms with Crippen LogP contribution in [0.25, 0.3) is 11.3 Å². The summed E-state index contributed by atoms with van der Waals surface area (Å²) in [5.74, 6) is -0.428. The zero-order valence-electron chi connectivity index (χ0n) is 20.2. The lowest BCUT2D eigenvalue weighted by Gasteiger charge is -2.23. The molecule has 9 heteroatoms. The van der Waals surface area contributed by atoms with Gasteiger partial charge in [-0.05, 0) is 61.1 Å². The van der Waals surface area contributed by atoms with Crippen molar-refractivity contribution in [3.63, 3.8) is 0 Å². The Morgan fingerprint density at radius 3 is 2.50 bits per heavy atom. The van der Waals surface area contributed by atoms with Crippen LogP contribution in [0, 0.1) is 5.92 Å². The first-order valence-electron chi connectivity index (χ1n) is 11.7. The van der Waals surface area contributed by atoms with E-state index in [0.29, 0.717) is 58.7 Å². The van der Waals surface area contributed by atoms with Gasteiger partial charge in [-0.2, -0.15) is 0 Å². The van der Waals surface area contributed by atoms with Crippen molar-refractivity contribution in [2.45, 2.75) is 26.2 Å². The summed E-state index contributed by atoms with van der Waals surface area (Å²) < 4.78 is 4.98. The maximum Gasteiger partial charge on any atom is 0.340 e. The van der Waals surface area contributed by atoms with Crippen molar-refractivity contribution in [2.24, 2.45) is 5.92 Å². The summed E-state index contributed by atoms with van der Waals surface area (Å²) in [4.78, 5) is 47.5. The van der Waals surface area contributed by atoms with E-state index in [-0.39, 0.29) is 11.8 Å². The number of carbonyl (C=O) groups is 3. The van der Waals surface area contributed by atoms with Gasteiger partial charge in [0.2, 0.25) is 5.91 Å². The van der Waals surface area contributed by atoms with Gasteiger partial charge in [-0.3, -0.25) is 14.6 Å². The molecule has 2 aromatic heterocycles. The van der Waals surface area contributed by atoms with Gasteiger partial charge in [-0.15, -0.1) is 0 Å². The van der Waals surface area contributed by atoms with E-state index in [2.05, 4.69) is 15.3 Å². The number of carbonyl (C=O) groups excluding carboxylic acids is 3. The van der Waals surface area contributed by atoms with Crippen LogP contribution in [0.2, 0.25) is 5.15 Å². The number of hydrogen-bond donors (Lipinski definition) is 1. The van der Waals surface area contributed by atoms with Crippen LogP contribution in [0.15, 0.2) is 54.9 Å². The molecule has 0 radical (unpaired) electrons. The number of ether oxygens (including phenoxy) is 1. The number of nitrogens with one attached hydrogen (secondary N) is 1. The third-order valence-corrected chi connectivity index (χ3v) is 6.24. The first kappa shape index (κ1) is 25.3. The van der Waals surface area contributed by atoms with Crippen LogP contribution in [-0.4, -0.2) is 48.0 Å². The number of esters is 1. The van der Waals surface area contributed by atoms with Gasteiger partial charge in [-0.1, -0.05) is 23.7 Å². The molecule has 186 valence electrons. The summed E-state index contributed by atoms with van der Waals surface area (Å²) in [7, 11) is 1.31. The van der Waals surface area contributed by atoms with Gasteiger partial charge in [0.1, 0.15) is 5.15 Å². The van der Waals surface area contributed by atoms with E-state index in [0.717, 1.165) is 18.4 Å². The molecule has 1 saturated carbocycles. The average molecular weight is 507 g/mol. The number of anilines is 1. The summed E-state index contributed by atoms with van der Waals surface area (Å²) in [5.41, 5.74) is 3.48. The van der Waals surface area contributed by atoms with Crippen molar-refractivity contribution >= 4 is 35.1 Å². The lowest BCUT2D eigenvalue weighted by Crippen LogP contribution is -2.32. The molecule has 0 saturated heterocycles. The van der Waals surface area contributed by atoms with E-state index < -0.39 is 5.97 Å². The van der Waals surface area contributed by atoms with Crippen LogP contribution in [0.5, 0.6) is 0 Å². The molecule has 8 nitrogen and oxygen atoms in total. The minimum atomic E-state index is -0.527. The van der Waals surface area contributed by atoms with Gasteiger partial charge in [0.15, 0.2) is 0 Å². The van der Waals surface area contributed by atoms with Crippen LogP contribution in [-0.2, 0) is 16.0 Å². The predicted molar refractivity (Wildman–Crippen MR) is 137 cm³/mol. The molecule has 1 aromatic carbocycles. The minimum absolute atomic E-state index is 0.124. The third-order valence-electron chi connectivity index (χ3n) is 6.02. The van der Waals surface area contributed by atoms with Crippen LogP contribution in [0.3, 0.4) is 0 Å². The van der Waals surface area contributed by atoms with Crippen molar-refractivity contribution in [2.75, 3.05) is 25.1 Å². The average Bonchev–Trinajstić information content (AvgIpc) is 3.72. The van der Waals surface area contributed by atoms with Gasteiger partial charge in [0.05, 0.1) is 29.6 Å². The predicted octanol–water partition coefficient (Wildman–Crippen LogP) is 4.32. The fourth-order valence-corrected chi connectivity index (χ4v) is 3.95. The molecule has 0 atom stereocenters. The third kappa shape index (κ3) is 6.26. The molecule has 0 spiro atoms. The lowest BCUT2D eigenvalue weighted by atomic mass is 10.0.